The summed E-state index contributed by atoms with van der Waals surface area (Å²) in [7, 11) is 0. The molecule has 0 aliphatic rings. The van der Waals surface area contributed by atoms with E-state index in [0.29, 0.717) is 18.0 Å². The van der Waals surface area contributed by atoms with Crippen molar-refractivity contribution in [2.24, 2.45) is 0 Å². The summed E-state index contributed by atoms with van der Waals surface area (Å²) >= 11 is 0. The second kappa shape index (κ2) is 5.95. The molecule has 2 rings (SSSR count). The molecule has 0 atom stereocenters. The van der Waals surface area contributed by atoms with Gasteiger partial charge < -0.3 is 10.1 Å². The molecule has 0 fully saturated rings. The highest BCUT2D eigenvalue weighted by Gasteiger charge is 2.07. The highest BCUT2D eigenvalue weighted by atomic mass is 16.5. The molecular weight excluding hydrogens is 242 g/mol. The zero-order valence-electron chi connectivity index (χ0n) is 10.9. The van der Waals surface area contributed by atoms with Crippen LogP contribution < -0.4 is 10.1 Å². The third-order valence-electron chi connectivity index (χ3n) is 2.44. The Labute approximate surface area is 111 Å². The molecule has 2 aromatic rings. The third kappa shape index (κ3) is 3.51. The molecule has 98 valence electrons. The van der Waals surface area contributed by atoms with Gasteiger partial charge in [0.1, 0.15) is 11.4 Å². The first-order chi connectivity index (χ1) is 9.19. The lowest BCUT2D eigenvalue weighted by atomic mass is 10.3. The highest BCUT2D eigenvalue weighted by molar-refractivity contribution is 6.02. The number of hydrogen-bond donors (Lipinski definition) is 1. The van der Waals surface area contributed by atoms with E-state index in [4.69, 9.17) is 4.74 Å². The van der Waals surface area contributed by atoms with Gasteiger partial charge in [-0.25, -0.2) is 4.98 Å². The van der Waals surface area contributed by atoms with Crippen LogP contribution in [0.2, 0.25) is 0 Å². The van der Waals surface area contributed by atoms with Gasteiger partial charge in [-0.3, -0.25) is 9.78 Å². The monoisotopic (exact) mass is 257 g/mol. The van der Waals surface area contributed by atoms with E-state index in [1.165, 1.54) is 6.20 Å². The van der Waals surface area contributed by atoms with Gasteiger partial charge in [0, 0.05) is 11.9 Å². The summed E-state index contributed by atoms with van der Waals surface area (Å²) in [5.41, 5.74) is 1.76. The zero-order chi connectivity index (χ0) is 13.7. The fraction of sp³-hybridized carbons (Fsp3) is 0.214. The van der Waals surface area contributed by atoms with Crippen LogP contribution in [0.15, 0.2) is 36.7 Å². The van der Waals surface area contributed by atoms with Crippen molar-refractivity contribution < 1.29 is 9.53 Å². The van der Waals surface area contributed by atoms with Crippen LogP contribution >= 0.6 is 0 Å². The number of rotatable bonds is 4. The van der Waals surface area contributed by atoms with Crippen molar-refractivity contribution in [1.29, 1.82) is 0 Å². The van der Waals surface area contributed by atoms with Crippen molar-refractivity contribution >= 4 is 11.6 Å². The summed E-state index contributed by atoms with van der Waals surface area (Å²) in [6, 6.07) is 7.18. The van der Waals surface area contributed by atoms with Crippen molar-refractivity contribution in [3.05, 3.63) is 48.0 Å². The third-order valence-corrected chi connectivity index (χ3v) is 2.44. The molecule has 1 N–H and O–H groups in total. The number of aromatic nitrogens is 2. The first-order valence-electron chi connectivity index (χ1n) is 6.02. The number of carbonyl (C=O) groups excluding carboxylic acids is 1. The number of anilines is 1. The topological polar surface area (TPSA) is 64.1 Å². The van der Waals surface area contributed by atoms with Gasteiger partial charge in [-0.15, -0.1) is 0 Å². The van der Waals surface area contributed by atoms with Gasteiger partial charge in [0.15, 0.2) is 0 Å². The Morgan fingerprint density at radius 3 is 2.53 bits per heavy atom. The van der Waals surface area contributed by atoms with Crippen molar-refractivity contribution in [3.63, 3.8) is 0 Å². The maximum absolute atomic E-state index is 11.9. The lowest BCUT2D eigenvalue weighted by Gasteiger charge is -2.06. The number of nitrogens with zero attached hydrogens (tertiary/aromatic N) is 2. The highest BCUT2D eigenvalue weighted by Crippen LogP contribution is 2.16. The summed E-state index contributed by atoms with van der Waals surface area (Å²) in [5.74, 6) is 0.493. The molecule has 19 heavy (non-hydrogen) atoms. The van der Waals surface area contributed by atoms with Crippen LogP contribution in [-0.4, -0.2) is 22.5 Å². The Hall–Kier alpha value is -2.43. The van der Waals surface area contributed by atoms with Crippen molar-refractivity contribution in [3.8, 4) is 5.75 Å². The second-order valence-electron chi connectivity index (χ2n) is 3.95. The first-order valence-corrected chi connectivity index (χ1v) is 6.02. The van der Waals surface area contributed by atoms with Crippen LogP contribution in [-0.2, 0) is 0 Å². The van der Waals surface area contributed by atoms with Crippen molar-refractivity contribution in [1.82, 2.24) is 9.97 Å². The van der Waals surface area contributed by atoms with E-state index in [-0.39, 0.29) is 5.91 Å². The molecule has 1 aromatic heterocycles. The van der Waals surface area contributed by atoms with Crippen LogP contribution in [0.3, 0.4) is 0 Å². The molecule has 0 saturated carbocycles. The first kappa shape index (κ1) is 13.0. The van der Waals surface area contributed by atoms with Crippen molar-refractivity contribution in [2.75, 3.05) is 11.9 Å². The van der Waals surface area contributed by atoms with Gasteiger partial charge in [0.05, 0.1) is 18.5 Å². The summed E-state index contributed by atoms with van der Waals surface area (Å²) in [4.78, 5) is 20.0. The number of hydrogen-bond acceptors (Lipinski definition) is 4. The molecular formula is C14H15N3O2. The maximum Gasteiger partial charge on any atom is 0.275 e. The van der Waals surface area contributed by atoms with Gasteiger partial charge in [-0.1, -0.05) is 0 Å². The summed E-state index contributed by atoms with van der Waals surface area (Å²) in [6.45, 7) is 4.36. The second-order valence-corrected chi connectivity index (χ2v) is 3.95. The smallest absolute Gasteiger partial charge is 0.275 e. The van der Waals surface area contributed by atoms with Crippen molar-refractivity contribution in [2.45, 2.75) is 13.8 Å². The van der Waals surface area contributed by atoms with Gasteiger partial charge in [0.2, 0.25) is 0 Å². The molecule has 0 saturated heterocycles. The van der Waals surface area contributed by atoms with E-state index in [1.807, 2.05) is 13.8 Å². The number of amides is 1. The molecule has 0 aliphatic heterocycles. The molecule has 1 aromatic carbocycles. The Kier molecular flexibility index (Phi) is 4.07. The molecule has 1 heterocycles. The van der Waals surface area contributed by atoms with Gasteiger partial charge in [-0.2, -0.15) is 0 Å². The maximum atomic E-state index is 11.9. The Bertz CT molecular complexity index is 550. The number of benzene rings is 1. The van der Waals surface area contributed by atoms with Crippen LogP contribution in [0.1, 0.15) is 23.1 Å². The Balaban J connectivity index is 2.04. The zero-order valence-corrected chi connectivity index (χ0v) is 10.9. The average molecular weight is 257 g/mol. The molecule has 0 spiro atoms. The van der Waals surface area contributed by atoms with E-state index in [0.717, 1.165) is 11.4 Å². The standard InChI is InChI=1S/C14H15N3O2/c1-3-19-12-6-4-11(5-7-12)17-14(18)13-9-15-10(2)8-16-13/h4-9H,3H2,1-2H3,(H,17,18). The minimum Gasteiger partial charge on any atom is -0.494 e. The number of nitrogens with one attached hydrogen (secondary N) is 1. The average Bonchev–Trinajstić information content (AvgIpc) is 2.42. The molecule has 0 bridgehead atoms. The molecule has 5 heteroatoms. The van der Waals surface area contributed by atoms with E-state index in [9.17, 15) is 4.79 Å². The molecule has 5 nitrogen and oxygen atoms in total. The lowest BCUT2D eigenvalue weighted by molar-refractivity contribution is 0.102. The fourth-order valence-electron chi connectivity index (χ4n) is 1.51. The van der Waals surface area contributed by atoms with E-state index >= 15 is 0 Å². The largest absolute Gasteiger partial charge is 0.494 e. The predicted molar refractivity (Wildman–Crippen MR) is 72.3 cm³/mol. The quantitative estimate of drug-likeness (QED) is 0.913. The number of aryl methyl sites for hydroxylation is 1. The number of ether oxygens (including phenoxy) is 1. The van der Waals surface area contributed by atoms with E-state index in [2.05, 4.69) is 15.3 Å². The van der Waals surface area contributed by atoms with Gasteiger partial charge in [-0.05, 0) is 38.1 Å². The SMILES string of the molecule is CCOc1ccc(NC(=O)c2cnc(C)cn2)cc1. The fourth-order valence-corrected chi connectivity index (χ4v) is 1.51. The molecule has 0 radical (unpaired) electrons. The molecule has 0 unspecified atom stereocenters. The molecule has 0 aliphatic carbocycles. The van der Waals surface area contributed by atoms with Gasteiger partial charge >= 0.3 is 0 Å². The Morgan fingerprint density at radius 2 is 1.95 bits per heavy atom. The number of carbonyl (C=O) groups is 1. The Morgan fingerprint density at radius 1 is 1.21 bits per heavy atom. The predicted octanol–water partition coefficient (Wildman–Crippen LogP) is 2.44. The van der Waals surface area contributed by atoms with E-state index < -0.39 is 0 Å². The molecule has 1 amide bonds. The van der Waals surface area contributed by atoms with Gasteiger partial charge in [0.25, 0.3) is 5.91 Å². The van der Waals surface area contributed by atoms with Crippen LogP contribution in [0.5, 0.6) is 5.75 Å². The van der Waals surface area contributed by atoms with Crippen LogP contribution in [0, 0.1) is 6.92 Å². The van der Waals surface area contributed by atoms with Crippen LogP contribution in [0.4, 0.5) is 5.69 Å². The minimum absolute atomic E-state index is 0.281. The summed E-state index contributed by atoms with van der Waals surface area (Å²) in [6.07, 6.45) is 3.02. The van der Waals surface area contributed by atoms with Crippen LogP contribution in [0.25, 0.3) is 0 Å². The minimum atomic E-state index is -0.281. The summed E-state index contributed by atoms with van der Waals surface area (Å²) < 4.78 is 5.33. The summed E-state index contributed by atoms with van der Waals surface area (Å²) in [5, 5.41) is 2.75. The normalized spacial score (nSPS) is 10.0. The van der Waals surface area contributed by atoms with E-state index in [1.54, 1.807) is 30.5 Å². The lowest BCUT2D eigenvalue weighted by Crippen LogP contribution is -2.14.